The molecule has 0 spiro atoms. The Hall–Kier alpha value is -2.86. The Morgan fingerprint density at radius 2 is 1.60 bits per heavy atom. The number of nitrogens with one attached hydrogen (secondary N) is 1. The smallest absolute Gasteiger partial charge is 0.341 e. The molecule has 6 heteroatoms. The van der Waals surface area contributed by atoms with E-state index in [1.807, 2.05) is 60.7 Å². The van der Waals surface area contributed by atoms with Crippen LogP contribution < -0.4 is 5.32 Å². The predicted molar refractivity (Wildman–Crippen MR) is 92.9 cm³/mol. The molecule has 0 aromatic heterocycles. The second-order valence-electron chi connectivity index (χ2n) is 5.50. The van der Waals surface area contributed by atoms with Gasteiger partial charge in [-0.05, 0) is 18.1 Å². The first-order valence-electron chi connectivity index (χ1n) is 8.11. The summed E-state index contributed by atoms with van der Waals surface area (Å²) in [5.74, 6) is -0.550. The number of hydrogen-bond donors (Lipinski definition) is 2. The number of hydroxylamine groups is 2. The fourth-order valence-electron chi connectivity index (χ4n) is 2.24. The van der Waals surface area contributed by atoms with E-state index in [9.17, 15) is 14.8 Å². The van der Waals surface area contributed by atoms with Crippen molar-refractivity contribution in [2.75, 3.05) is 6.54 Å². The first-order valence-corrected chi connectivity index (χ1v) is 8.11. The number of carbonyl (C=O) groups is 2. The van der Waals surface area contributed by atoms with Gasteiger partial charge in [-0.2, -0.15) is 0 Å². The summed E-state index contributed by atoms with van der Waals surface area (Å²) in [5.41, 5.74) is 1.74. The Morgan fingerprint density at radius 1 is 1.04 bits per heavy atom. The summed E-state index contributed by atoms with van der Waals surface area (Å²) in [6, 6.07) is 17.0. The largest absolute Gasteiger partial charge is 0.459 e. The topological polar surface area (TPSA) is 78.9 Å². The molecule has 2 rings (SSSR count). The van der Waals surface area contributed by atoms with Gasteiger partial charge in [0, 0.05) is 13.0 Å². The maximum Gasteiger partial charge on any atom is 0.341 e. The minimum Gasteiger partial charge on any atom is -0.459 e. The third-order valence-corrected chi connectivity index (χ3v) is 3.62. The highest BCUT2D eigenvalue weighted by molar-refractivity contribution is 5.83. The van der Waals surface area contributed by atoms with Gasteiger partial charge in [-0.3, -0.25) is 5.21 Å². The van der Waals surface area contributed by atoms with Gasteiger partial charge in [0.15, 0.2) is 0 Å². The first kappa shape index (κ1) is 18.5. The van der Waals surface area contributed by atoms with Gasteiger partial charge in [-0.1, -0.05) is 60.7 Å². The molecule has 25 heavy (non-hydrogen) atoms. The van der Waals surface area contributed by atoms with Crippen LogP contribution in [0, 0.1) is 0 Å². The lowest BCUT2D eigenvalue weighted by molar-refractivity contribution is -0.147. The number of benzene rings is 2. The molecule has 0 fully saturated rings. The molecule has 1 unspecified atom stereocenters. The van der Waals surface area contributed by atoms with Gasteiger partial charge in [-0.25, -0.2) is 14.7 Å². The van der Waals surface area contributed by atoms with Gasteiger partial charge in [0.25, 0.3) is 0 Å². The van der Waals surface area contributed by atoms with Gasteiger partial charge >= 0.3 is 12.0 Å². The van der Waals surface area contributed by atoms with Crippen molar-refractivity contribution in [1.82, 2.24) is 10.4 Å². The van der Waals surface area contributed by atoms with Crippen LogP contribution in [0.15, 0.2) is 60.7 Å². The van der Waals surface area contributed by atoms with Gasteiger partial charge in [-0.15, -0.1) is 0 Å². The van der Waals surface area contributed by atoms with E-state index in [0.717, 1.165) is 11.1 Å². The van der Waals surface area contributed by atoms with Gasteiger partial charge in [0.2, 0.25) is 0 Å². The van der Waals surface area contributed by atoms with Gasteiger partial charge in [0.05, 0.1) is 0 Å². The number of rotatable bonds is 7. The Labute approximate surface area is 147 Å². The van der Waals surface area contributed by atoms with Crippen LogP contribution in [0.5, 0.6) is 0 Å². The molecular weight excluding hydrogens is 320 g/mol. The van der Waals surface area contributed by atoms with Crippen molar-refractivity contribution in [3.63, 3.8) is 0 Å². The van der Waals surface area contributed by atoms with E-state index < -0.39 is 18.0 Å². The van der Waals surface area contributed by atoms with E-state index in [0.29, 0.717) is 5.06 Å². The van der Waals surface area contributed by atoms with E-state index in [-0.39, 0.29) is 19.6 Å². The van der Waals surface area contributed by atoms with Crippen molar-refractivity contribution in [3.8, 4) is 0 Å². The summed E-state index contributed by atoms with van der Waals surface area (Å²) >= 11 is 0. The summed E-state index contributed by atoms with van der Waals surface area (Å²) in [5, 5.41) is 12.5. The number of urea groups is 1. The van der Waals surface area contributed by atoms with Crippen LogP contribution >= 0.6 is 0 Å². The molecular formula is C19H22N2O4. The average Bonchev–Trinajstić information content (AvgIpc) is 2.66. The van der Waals surface area contributed by atoms with Crippen molar-refractivity contribution < 1.29 is 19.5 Å². The molecule has 0 radical (unpaired) electrons. The van der Waals surface area contributed by atoms with Crippen LogP contribution in [0.4, 0.5) is 4.79 Å². The summed E-state index contributed by atoms with van der Waals surface area (Å²) < 4.78 is 5.32. The number of esters is 1. The molecule has 0 saturated heterocycles. The van der Waals surface area contributed by atoms with Gasteiger partial charge in [0.1, 0.15) is 12.6 Å². The quantitative estimate of drug-likeness (QED) is 0.461. The van der Waals surface area contributed by atoms with E-state index in [1.165, 1.54) is 0 Å². The predicted octanol–water partition coefficient (Wildman–Crippen LogP) is 2.76. The number of carbonyl (C=O) groups excluding carboxylic acids is 2. The van der Waals surface area contributed by atoms with E-state index >= 15 is 0 Å². The van der Waals surface area contributed by atoms with Crippen molar-refractivity contribution >= 4 is 12.0 Å². The van der Waals surface area contributed by atoms with Crippen molar-refractivity contribution in [3.05, 3.63) is 71.8 Å². The lowest BCUT2D eigenvalue weighted by atomic mass is 10.1. The zero-order chi connectivity index (χ0) is 18.1. The molecule has 2 amide bonds. The maximum atomic E-state index is 12.4. The monoisotopic (exact) mass is 342 g/mol. The molecule has 0 bridgehead atoms. The summed E-state index contributed by atoms with van der Waals surface area (Å²) in [7, 11) is 0. The maximum absolute atomic E-state index is 12.4. The third-order valence-electron chi connectivity index (χ3n) is 3.62. The lowest BCUT2D eigenvalue weighted by Crippen LogP contribution is -2.48. The molecule has 2 aromatic carbocycles. The zero-order valence-corrected chi connectivity index (χ0v) is 14.1. The van der Waals surface area contributed by atoms with E-state index in [1.54, 1.807) is 6.92 Å². The van der Waals surface area contributed by atoms with Crippen LogP contribution in [0.25, 0.3) is 0 Å². The number of amides is 2. The van der Waals surface area contributed by atoms with Crippen molar-refractivity contribution in [2.45, 2.75) is 26.0 Å². The highest BCUT2D eigenvalue weighted by Gasteiger charge is 2.24. The third kappa shape index (κ3) is 5.93. The number of nitrogens with zero attached hydrogens (tertiary/aromatic N) is 1. The second kappa shape index (κ2) is 9.44. The molecule has 0 aliphatic rings. The molecule has 0 aliphatic heterocycles. The van der Waals surface area contributed by atoms with Crippen LogP contribution in [0.1, 0.15) is 18.1 Å². The normalized spacial score (nSPS) is 11.4. The first-order chi connectivity index (χ1) is 12.1. The molecule has 0 heterocycles. The van der Waals surface area contributed by atoms with Crippen LogP contribution in [0.2, 0.25) is 0 Å². The highest BCUT2D eigenvalue weighted by Crippen LogP contribution is 2.07. The number of hydrogen-bond acceptors (Lipinski definition) is 4. The summed E-state index contributed by atoms with van der Waals surface area (Å²) in [4.78, 5) is 24.3. The minimum absolute atomic E-state index is 0.114. The SMILES string of the molecule is CCN(O)C(=O)NC(Cc1ccccc1)C(=O)OCc1ccccc1. The van der Waals surface area contributed by atoms with Crippen molar-refractivity contribution in [1.29, 1.82) is 0 Å². The molecule has 2 N–H and O–H groups in total. The minimum atomic E-state index is -0.889. The Balaban J connectivity index is 2.03. The fraction of sp³-hybridized carbons (Fsp3) is 0.263. The molecule has 2 aromatic rings. The Kier molecular flexibility index (Phi) is 6.98. The molecule has 0 aliphatic carbocycles. The zero-order valence-electron chi connectivity index (χ0n) is 14.1. The van der Waals surface area contributed by atoms with Crippen LogP contribution in [0.3, 0.4) is 0 Å². The van der Waals surface area contributed by atoms with Crippen LogP contribution in [-0.2, 0) is 22.6 Å². The molecule has 0 saturated carbocycles. The second-order valence-corrected chi connectivity index (χ2v) is 5.50. The standard InChI is InChI=1S/C19H22N2O4/c1-2-21(24)19(23)20-17(13-15-9-5-3-6-10-15)18(22)25-14-16-11-7-4-8-12-16/h3-12,17,24H,2,13-14H2,1H3,(H,20,23). The Morgan fingerprint density at radius 3 is 2.16 bits per heavy atom. The molecule has 1 atom stereocenters. The van der Waals surface area contributed by atoms with E-state index in [4.69, 9.17) is 4.74 Å². The van der Waals surface area contributed by atoms with Crippen LogP contribution in [-0.4, -0.2) is 34.9 Å². The molecule has 6 nitrogen and oxygen atoms in total. The highest BCUT2D eigenvalue weighted by atomic mass is 16.5. The average molecular weight is 342 g/mol. The fourth-order valence-corrected chi connectivity index (χ4v) is 2.24. The Bertz CT molecular complexity index is 676. The molecule has 132 valence electrons. The number of ether oxygens (including phenoxy) is 1. The summed E-state index contributed by atoms with van der Waals surface area (Å²) in [6.45, 7) is 1.86. The summed E-state index contributed by atoms with van der Waals surface area (Å²) in [6.07, 6.45) is 0.276. The van der Waals surface area contributed by atoms with Crippen molar-refractivity contribution in [2.24, 2.45) is 0 Å². The van der Waals surface area contributed by atoms with E-state index in [2.05, 4.69) is 5.32 Å². The van der Waals surface area contributed by atoms with Gasteiger partial charge < -0.3 is 10.1 Å². The lowest BCUT2D eigenvalue weighted by Gasteiger charge is -2.20.